The van der Waals surface area contributed by atoms with Gasteiger partial charge >= 0.3 is 0 Å². The molecule has 2 aromatic rings. The molecule has 20 heavy (non-hydrogen) atoms. The number of benzene rings is 1. The van der Waals surface area contributed by atoms with Gasteiger partial charge in [-0.1, -0.05) is 24.6 Å². The van der Waals surface area contributed by atoms with Crippen LogP contribution in [0.3, 0.4) is 0 Å². The van der Waals surface area contributed by atoms with Crippen molar-refractivity contribution in [3.05, 3.63) is 34.6 Å². The van der Waals surface area contributed by atoms with Gasteiger partial charge in [0.1, 0.15) is 0 Å². The van der Waals surface area contributed by atoms with Crippen LogP contribution < -0.4 is 10.6 Å². The number of hydrogen-bond acceptors (Lipinski definition) is 5. The Labute approximate surface area is 127 Å². The van der Waals surface area contributed by atoms with Crippen molar-refractivity contribution in [1.29, 1.82) is 0 Å². The smallest absolute Gasteiger partial charge is 0.233 e. The topological polar surface area (TPSA) is 62.7 Å². The van der Waals surface area contributed by atoms with E-state index in [2.05, 4.69) is 32.5 Å². The molecule has 2 N–H and O–H groups in total. The van der Waals surface area contributed by atoms with E-state index in [0.29, 0.717) is 16.9 Å². The van der Waals surface area contributed by atoms with E-state index in [1.54, 1.807) is 12.1 Å². The second-order valence-corrected chi connectivity index (χ2v) is 5.12. The summed E-state index contributed by atoms with van der Waals surface area (Å²) < 4.78 is 0. The fourth-order valence-corrected chi connectivity index (χ4v) is 1.84. The van der Waals surface area contributed by atoms with Crippen molar-refractivity contribution in [1.82, 2.24) is 15.0 Å². The Hall–Kier alpha value is -1.59. The fourth-order valence-electron chi connectivity index (χ4n) is 1.49. The molecule has 0 bridgehead atoms. The average molecular weight is 312 g/mol. The molecular weight excluding hydrogens is 297 g/mol. The molecule has 0 amide bonds. The Morgan fingerprint density at radius 2 is 1.90 bits per heavy atom. The van der Waals surface area contributed by atoms with Gasteiger partial charge in [0, 0.05) is 16.8 Å². The van der Waals surface area contributed by atoms with Crippen LogP contribution in [0.1, 0.15) is 20.3 Å². The predicted octanol–water partition coefficient (Wildman–Crippen LogP) is 4.13. The summed E-state index contributed by atoms with van der Waals surface area (Å²) in [6.07, 6.45) is 0.959. The van der Waals surface area contributed by atoms with Crippen molar-refractivity contribution in [2.45, 2.75) is 26.3 Å². The zero-order valence-corrected chi connectivity index (χ0v) is 12.7. The van der Waals surface area contributed by atoms with Crippen molar-refractivity contribution >= 4 is 40.8 Å². The van der Waals surface area contributed by atoms with Crippen molar-refractivity contribution in [2.24, 2.45) is 0 Å². The first-order valence-electron chi connectivity index (χ1n) is 6.27. The standard InChI is InChI=1S/C13H15Cl2N5/c1-3-8(2)16-12-18-11(15)19-13(20-12)17-10-6-4-5-9(14)7-10/h4-8H,3H2,1-2H3,(H2,16,17,18,19,20)/t8-/m0/s1. The molecule has 1 aromatic heterocycles. The number of halogens is 2. The van der Waals surface area contributed by atoms with Crippen LogP contribution in [0.15, 0.2) is 24.3 Å². The Morgan fingerprint density at radius 1 is 1.15 bits per heavy atom. The van der Waals surface area contributed by atoms with Crippen LogP contribution in [-0.4, -0.2) is 21.0 Å². The fraction of sp³-hybridized carbons (Fsp3) is 0.308. The van der Waals surface area contributed by atoms with Crippen molar-refractivity contribution in [3.63, 3.8) is 0 Å². The molecule has 0 saturated heterocycles. The molecule has 0 aliphatic rings. The molecule has 0 unspecified atom stereocenters. The molecule has 106 valence electrons. The van der Waals surface area contributed by atoms with Crippen LogP contribution >= 0.6 is 23.2 Å². The number of nitrogens with zero attached hydrogens (tertiary/aromatic N) is 3. The lowest BCUT2D eigenvalue weighted by Gasteiger charge is -2.12. The summed E-state index contributed by atoms with van der Waals surface area (Å²) in [6, 6.07) is 7.54. The van der Waals surface area contributed by atoms with Gasteiger partial charge in [-0.3, -0.25) is 0 Å². The summed E-state index contributed by atoms with van der Waals surface area (Å²) in [5.41, 5.74) is 0.786. The molecule has 0 saturated carbocycles. The zero-order chi connectivity index (χ0) is 14.5. The van der Waals surface area contributed by atoms with E-state index in [-0.39, 0.29) is 11.3 Å². The molecule has 1 aromatic carbocycles. The molecular formula is C13H15Cl2N5. The van der Waals surface area contributed by atoms with E-state index >= 15 is 0 Å². The SMILES string of the molecule is CC[C@H](C)Nc1nc(Cl)nc(Nc2cccc(Cl)c2)n1. The van der Waals surface area contributed by atoms with Crippen molar-refractivity contribution < 1.29 is 0 Å². The van der Waals surface area contributed by atoms with Crippen LogP contribution in [0.5, 0.6) is 0 Å². The Balaban J connectivity index is 2.19. The van der Waals surface area contributed by atoms with Gasteiger partial charge < -0.3 is 10.6 Å². The van der Waals surface area contributed by atoms with E-state index in [0.717, 1.165) is 12.1 Å². The number of anilines is 3. The van der Waals surface area contributed by atoms with Crippen LogP contribution in [0.25, 0.3) is 0 Å². The molecule has 0 spiro atoms. The van der Waals surface area contributed by atoms with Crippen molar-refractivity contribution in [3.8, 4) is 0 Å². The number of rotatable bonds is 5. The molecule has 0 aliphatic carbocycles. The van der Waals surface area contributed by atoms with E-state index in [1.165, 1.54) is 0 Å². The van der Waals surface area contributed by atoms with Gasteiger partial charge in [-0.2, -0.15) is 15.0 Å². The summed E-state index contributed by atoms with van der Waals surface area (Å²) in [7, 11) is 0. The van der Waals surface area contributed by atoms with Gasteiger partial charge in [-0.05, 0) is 43.1 Å². The zero-order valence-electron chi connectivity index (χ0n) is 11.2. The maximum atomic E-state index is 5.93. The predicted molar refractivity (Wildman–Crippen MR) is 82.9 cm³/mol. The molecule has 0 aliphatic heterocycles. The summed E-state index contributed by atoms with van der Waals surface area (Å²) in [6.45, 7) is 4.12. The summed E-state index contributed by atoms with van der Waals surface area (Å²) in [4.78, 5) is 12.4. The number of nitrogens with one attached hydrogen (secondary N) is 2. The summed E-state index contributed by atoms with van der Waals surface area (Å²) in [5, 5.41) is 6.97. The lowest BCUT2D eigenvalue weighted by atomic mass is 10.3. The van der Waals surface area contributed by atoms with Gasteiger partial charge in [0.05, 0.1) is 0 Å². The minimum Gasteiger partial charge on any atom is -0.352 e. The van der Waals surface area contributed by atoms with E-state index < -0.39 is 0 Å². The Morgan fingerprint density at radius 3 is 2.60 bits per heavy atom. The van der Waals surface area contributed by atoms with Crippen LogP contribution in [0.4, 0.5) is 17.6 Å². The minimum absolute atomic E-state index is 0.135. The Kier molecular flexibility index (Phi) is 4.98. The molecule has 0 fully saturated rings. The van der Waals surface area contributed by atoms with Gasteiger partial charge in [0.2, 0.25) is 17.2 Å². The van der Waals surface area contributed by atoms with Gasteiger partial charge in [0.25, 0.3) is 0 Å². The lowest BCUT2D eigenvalue weighted by Crippen LogP contribution is -2.16. The quantitative estimate of drug-likeness (QED) is 0.869. The lowest BCUT2D eigenvalue weighted by molar-refractivity contribution is 0.751. The third kappa shape index (κ3) is 4.21. The van der Waals surface area contributed by atoms with Crippen LogP contribution in [-0.2, 0) is 0 Å². The largest absolute Gasteiger partial charge is 0.352 e. The number of hydrogen-bond donors (Lipinski definition) is 2. The van der Waals surface area contributed by atoms with E-state index in [9.17, 15) is 0 Å². The summed E-state index contributed by atoms with van der Waals surface area (Å²) in [5.74, 6) is 0.821. The molecule has 1 atom stereocenters. The highest BCUT2D eigenvalue weighted by Gasteiger charge is 2.07. The number of aromatic nitrogens is 3. The van der Waals surface area contributed by atoms with Gasteiger partial charge in [0.15, 0.2) is 0 Å². The first-order valence-corrected chi connectivity index (χ1v) is 7.03. The first kappa shape index (κ1) is 14.8. The monoisotopic (exact) mass is 311 g/mol. The normalized spacial score (nSPS) is 12.0. The highest BCUT2D eigenvalue weighted by molar-refractivity contribution is 6.30. The minimum atomic E-state index is 0.135. The van der Waals surface area contributed by atoms with E-state index in [1.807, 2.05) is 19.1 Å². The Bertz CT molecular complexity index is 591. The highest BCUT2D eigenvalue weighted by atomic mass is 35.5. The van der Waals surface area contributed by atoms with Gasteiger partial charge in [-0.25, -0.2) is 0 Å². The molecule has 0 radical (unpaired) electrons. The third-order valence-electron chi connectivity index (χ3n) is 2.68. The van der Waals surface area contributed by atoms with Gasteiger partial charge in [-0.15, -0.1) is 0 Å². The molecule has 2 rings (SSSR count). The first-order chi connectivity index (χ1) is 9.56. The second kappa shape index (κ2) is 6.72. The van der Waals surface area contributed by atoms with Crippen molar-refractivity contribution in [2.75, 3.05) is 10.6 Å². The maximum Gasteiger partial charge on any atom is 0.233 e. The molecule has 7 heteroatoms. The molecule has 5 nitrogen and oxygen atoms in total. The highest BCUT2D eigenvalue weighted by Crippen LogP contribution is 2.19. The van der Waals surface area contributed by atoms with Crippen LogP contribution in [0, 0.1) is 0 Å². The van der Waals surface area contributed by atoms with Crippen LogP contribution in [0.2, 0.25) is 10.3 Å². The molecule has 1 heterocycles. The second-order valence-electron chi connectivity index (χ2n) is 4.34. The maximum absolute atomic E-state index is 5.93. The van der Waals surface area contributed by atoms with E-state index in [4.69, 9.17) is 23.2 Å². The average Bonchev–Trinajstić information content (AvgIpc) is 2.37. The third-order valence-corrected chi connectivity index (χ3v) is 3.08. The summed E-state index contributed by atoms with van der Waals surface area (Å²) >= 11 is 11.8.